The molecular formula is C12H11BrN2O3S. The molecule has 1 aromatic carbocycles. The van der Waals surface area contributed by atoms with E-state index in [0.29, 0.717) is 26.6 Å². The number of ether oxygens (including phenoxy) is 1. The molecule has 0 aliphatic carbocycles. The summed E-state index contributed by atoms with van der Waals surface area (Å²) in [6, 6.07) is 3.31. The Morgan fingerprint density at radius 2 is 2.21 bits per heavy atom. The fourth-order valence-electron chi connectivity index (χ4n) is 1.62. The van der Waals surface area contributed by atoms with Gasteiger partial charge in [-0.1, -0.05) is 0 Å². The molecule has 0 atom stereocenters. The monoisotopic (exact) mass is 342 g/mol. The summed E-state index contributed by atoms with van der Waals surface area (Å²) in [4.78, 5) is 13.2. The van der Waals surface area contributed by atoms with Gasteiger partial charge in [0.25, 0.3) is 5.91 Å². The molecule has 0 aromatic heterocycles. The van der Waals surface area contributed by atoms with Gasteiger partial charge in [0.05, 0.1) is 11.6 Å². The van der Waals surface area contributed by atoms with Gasteiger partial charge in [-0.05, 0) is 51.9 Å². The minimum absolute atomic E-state index is 0.0167. The van der Waals surface area contributed by atoms with Crippen LogP contribution >= 0.6 is 28.1 Å². The zero-order valence-electron chi connectivity index (χ0n) is 10.2. The van der Waals surface area contributed by atoms with Crippen LogP contribution in [0.15, 0.2) is 22.3 Å². The average molecular weight is 343 g/mol. The van der Waals surface area contributed by atoms with Crippen molar-refractivity contribution < 1.29 is 14.6 Å². The summed E-state index contributed by atoms with van der Waals surface area (Å²) in [7, 11) is 3.06. The highest BCUT2D eigenvalue weighted by Crippen LogP contribution is 2.35. The molecule has 1 heterocycles. The molecule has 19 heavy (non-hydrogen) atoms. The van der Waals surface area contributed by atoms with Crippen LogP contribution in [0.2, 0.25) is 0 Å². The predicted octanol–water partition coefficient (Wildman–Crippen LogP) is 1.85. The quantitative estimate of drug-likeness (QED) is 0.634. The molecule has 2 N–H and O–H groups in total. The summed E-state index contributed by atoms with van der Waals surface area (Å²) in [6.45, 7) is 0. The van der Waals surface area contributed by atoms with Crippen LogP contribution in [0.25, 0.3) is 6.08 Å². The van der Waals surface area contributed by atoms with Gasteiger partial charge in [0.2, 0.25) is 0 Å². The van der Waals surface area contributed by atoms with E-state index in [1.807, 2.05) is 0 Å². The van der Waals surface area contributed by atoms with Gasteiger partial charge in [0.1, 0.15) is 5.70 Å². The van der Waals surface area contributed by atoms with Crippen LogP contribution in [0, 0.1) is 0 Å². The lowest BCUT2D eigenvalue weighted by Gasteiger charge is -2.07. The lowest BCUT2D eigenvalue weighted by molar-refractivity contribution is -0.121. The first-order valence-corrected chi connectivity index (χ1v) is 6.51. The lowest BCUT2D eigenvalue weighted by atomic mass is 10.1. The van der Waals surface area contributed by atoms with Crippen molar-refractivity contribution in [2.24, 2.45) is 0 Å². The number of benzene rings is 1. The van der Waals surface area contributed by atoms with E-state index in [-0.39, 0.29) is 11.7 Å². The summed E-state index contributed by atoms with van der Waals surface area (Å²) < 4.78 is 5.54. The molecule has 5 nitrogen and oxygen atoms in total. The van der Waals surface area contributed by atoms with E-state index in [2.05, 4.69) is 21.2 Å². The predicted molar refractivity (Wildman–Crippen MR) is 78.8 cm³/mol. The first kappa shape index (κ1) is 13.8. The van der Waals surface area contributed by atoms with E-state index in [4.69, 9.17) is 17.0 Å². The van der Waals surface area contributed by atoms with Crippen molar-refractivity contribution in [3.8, 4) is 11.5 Å². The molecular weight excluding hydrogens is 332 g/mol. The zero-order valence-corrected chi connectivity index (χ0v) is 12.6. The normalized spacial score (nSPS) is 17.0. The third-order valence-corrected chi connectivity index (χ3v) is 3.64. The molecule has 1 amide bonds. The van der Waals surface area contributed by atoms with Gasteiger partial charge in [0.15, 0.2) is 16.6 Å². The van der Waals surface area contributed by atoms with Crippen LogP contribution in [0.1, 0.15) is 5.56 Å². The van der Waals surface area contributed by atoms with E-state index < -0.39 is 0 Å². The highest BCUT2D eigenvalue weighted by Gasteiger charge is 2.27. The van der Waals surface area contributed by atoms with Gasteiger partial charge in [-0.3, -0.25) is 9.69 Å². The van der Waals surface area contributed by atoms with Crippen LogP contribution in [-0.2, 0) is 4.79 Å². The molecule has 0 radical (unpaired) electrons. The van der Waals surface area contributed by atoms with Gasteiger partial charge in [-0.15, -0.1) is 0 Å². The molecule has 1 aliphatic rings. The highest BCUT2D eigenvalue weighted by molar-refractivity contribution is 9.10. The summed E-state index contributed by atoms with van der Waals surface area (Å²) in [5.74, 6) is 0.138. The Bertz CT molecular complexity index is 601. The summed E-state index contributed by atoms with van der Waals surface area (Å²) in [5, 5.41) is 12.9. The van der Waals surface area contributed by atoms with Gasteiger partial charge in [-0.2, -0.15) is 0 Å². The lowest BCUT2D eigenvalue weighted by Crippen LogP contribution is -2.25. The molecule has 100 valence electrons. The van der Waals surface area contributed by atoms with Crippen molar-refractivity contribution in [2.45, 2.75) is 0 Å². The number of hydrogen-bond acceptors (Lipinski definition) is 4. The summed E-state index contributed by atoms with van der Waals surface area (Å²) >= 11 is 8.21. The molecule has 1 fully saturated rings. The molecule has 1 saturated heterocycles. The second kappa shape index (κ2) is 5.18. The van der Waals surface area contributed by atoms with Gasteiger partial charge in [0, 0.05) is 7.05 Å². The second-order valence-electron chi connectivity index (χ2n) is 3.91. The maximum absolute atomic E-state index is 11.8. The third-order valence-electron chi connectivity index (χ3n) is 2.66. The number of amides is 1. The first-order chi connectivity index (χ1) is 8.93. The number of rotatable bonds is 2. The Balaban J connectivity index is 2.42. The largest absolute Gasteiger partial charge is 0.503 e. The summed E-state index contributed by atoms with van der Waals surface area (Å²) in [5.41, 5.74) is 1.09. The number of nitrogens with one attached hydrogen (secondary N) is 1. The smallest absolute Gasteiger partial charge is 0.276 e. The van der Waals surface area contributed by atoms with Crippen LogP contribution in [0.5, 0.6) is 11.5 Å². The highest BCUT2D eigenvalue weighted by atomic mass is 79.9. The van der Waals surface area contributed by atoms with E-state index in [1.54, 1.807) is 25.3 Å². The van der Waals surface area contributed by atoms with Crippen molar-refractivity contribution in [3.63, 3.8) is 0 Å². The molecule has 0 unspecified atom stereocenters. The fourth-order valence-corrected chi connectivity index (χ4v) is 2.28. The number of carbonyl (C=O) groups excluding carboxylic acids is 1. The zero-order chi connectivity index (χ0) is 14.2. The van der Waals surface area contributed by atoms with Crippen LogP contribution in [0.3, 0.4) is 0 Å². The number of thiocarbonyl (C=S) groups is 1. The number of halogens is 1. The number of carbonyl (C=O) groups is 1. The fraction of sp³-hybridized carbons (Fsp3) is 0.167. The SMILES string of the molecule is COc1cc(C=C2NC(=S)N(C)C2=O)cc(Br)c1O. The van der Waals surface area contributed by atoms with Gasteiger partial charge >= 0.3 is 0 Å². The summed E-state index contributed by atoms with van der Waals surface area (Å²) in [6.07, 6.45) is 1.64. The standard InChI is InChI=1S/C12H11BrN2O3S/c1-15-11(17)8(14-12(15)19)4-6-3-7(13)10(16)9(5-6)18-2/h3-5,16H,1-2H3,(H,14,19). The number of hydrogen-bond donors (Lipinski definition) is 2. The number of methoxy groups -OCH3 is 1. The van der Waals surface area contributed by atoms with E-state index in [0.717, 1.165) is 0 Å². The number of phenolic OH excluding ortho intramolecular Hbond substituents is 1. The maximum atomic E-state index is 11.8. The van der Waals surface area contributed by atoms with E-state index >= 15 is 0 Å². The Morgan fingerprint density at radius 3 is 2.74 bits per heavy atom. The molecule has 0 bridgehead atoms. The van der Waals surface area contributed by atoms with Gasteiger partial charge < -0.3 is 15.2 Å². The van der Waals surface area contributed by atoms with Crippen molar-refractivity contribution >= 4 is 45.2 Å². The molecule has 1 aromatic rings. The maximum Gasteiger partial charge on any atom is 0.276 e. The first-order valence-electron chi connectivity index (χ1n) is 5.31. The topological polar surface area (TPSA) is 61.8 Å². The Hall–Kier alpha value is -1.60. The van der Waals surface area contributed by atoms with Crippen LogP contribution in [-0.4, -0.2) is 35.2 Å². The van der Waals surface area contributed by atoms with Crippen LogP contribution in [0.4, 0.5) is 0 Å². The molecule has 0 saturated carbocycles. The number of likely N-dealkylation sites (N-methyl/N-ethyl adjacent to an activating group) is 1. The van der Waals surface area contributed by atoms with E-state index in [9.17, 15) is 9.90 Å². The molecule has 0 spiro atoms. The molecule has 7 heteroatoms. The minimum atomic E-state index is -0.201. The Kier molecular flexibility index (Phi) is 3.77. The van der Waals surface area contributed by atoms with Crippen LogP contribution < -0.4 is 10.1 Å². The molecule has 2 rings (SSSR count). The number of aromatic hydroxyl groups is 1. The van der Waals surface area contributed by atoms with Crippen molar-refractivity contribution in [1.29, 1.82) is 0 Å². The van der Waals surface area contributed by atoms with Crippen molar-refractivity contribution in [2.75, 3.05) is 14.2 Å². The Labute approximate surface area is 124 Å². The number of phenols is 1. The average Bonchev–Trinajstić information content (AvgIpc) is 2.61. The third kappa shape index (κ3) is 2.57. The second-order valence-corrected chi connectivity index (χ2v) is 5.15. The minimum Gasteiger partial charge on any atom is -0.503 e. The van der Waals surface area contributed by atoms with Gasteiger partial charge in [-0.25, -0.2) is 0 Å². The molecule has 1 aliphatic heterocycles. The number of nitrogens with zero attached hydrogens (tertiary/aromatic N) is 1. The van der Waals surface area contributed by atoms with E-state index in [1.165, 1.54) is 12.0 Å². The Morgan fingerprint density at radius 1 is 1.53 bits per heavy atom. The van der Waals surface area contributed by atoms with Crippen molar-refractivity contribution in [3.05, 3.63) is 27.9 Å². The van der Waals surface area contributed by atoms with Crippen molar-refractivity contribution in [1.82, 2.24) is 10.2 Å².